The van der Waals surface area contributed by atoms with Gasteiger partial charge in [-0.05, 0) is 20.3 Å². The zero-order valence-electron chi connectivity index (χ0n) is 18.9. The Kier molecular flexibility index (Phi) is 19.7. The summed E-state index contributed by atoms with van der Waals surface area (Å²) in [6.07, 6.45) is 21.0. The van der Waals surface area contributed by atoms with Gasteiger partial charge in [0.05, 0.1) is 6.10 Å². The third-order valence-electron chi connectivity index (χ3n) is 5.00. The maximum atomic E-state index is 11.8. The number of carbonyl (C=O) groups is 1. The molecule has 1 unspecified atom stereocenters. The maximum Gasteiger partial charge on any atom is 0.308 e. The summed E-state index contributed by atoms with van der Waals surface area (Å²) in [7, 11) is 0. The molecule has 0 radical (unpaired) electrons. The van der Waals surface area contributed by atoms with E-state index >= 15 is 0 Å². The van der Waals surface area contributed by atoms with Gasteiger partial charge in [-0.15, -0.1) is 0 Å². The Morgan fingerprint density at radius 3 is 1.44 bits per heavy atom. The van der Waals surface area contributed by atoms with Crippen LogP contribution in [0, 0.1) is 0 Å². The molecule has 0 saturated carbocycles. The van der Waals surface area contributed by atoms with E-state index < -0.39 is 0 Å². The van der Waals surface area contributed by atoms with E-state index in [-0.39, 0.29) is 18.4 Å². The first kappa shape index (κ1) is 26.4. The van der Waals surface area contributed by atoms with Crippen LogP contribution in [0.15, 0.2) is 0 Å². The molecule has 0 aliphatic carbocycles. The number of esters is 1. The minimum Gasteiger partial charge on any atom is -0.436 e. The fraction of sp³-hybridized carbons (Fsp3) is 0.958. The molecule has 0 heterocycles. The highest BCUT2D eigenvalue weighted by molar-refractivity contribution is 5.69. The third kappa shape index (κ3) is 20.0. The van der Waals surface area contributed by atoms with Crippen molar-refractivity contribution in [3.8, 4) is 0 Å². The van der Waals surface area contributed by atoms with Gasteiger partial charge in [0.25, 0.3) is 0 Å². The summed E-state index contributed by atoms with van der Waals surface area (Å²) in [5.74, 6) is -0.114. The molecule has 0 aromatic heterocycles. The first-order valence-corrected chi connectivity index (χ1v) is 11.9. The van der Waals surface area contributed by atoms with Gasteiger partial charge in [-0.2, -0.15) is 0 Å². The fourth-order valence-electron chi connectivity index (χ4n) is 3.36. The van der Waals surface area contributed by atoms with Crippen LogP contribution in [0.25, 0.3) is 0 Å². The molecule has 0 amide bonds. The molecule has 3 heteroatoms. The Bertz CT molecular complexity index is 315. The number of rotatable bonds is 20. The predicted octanol–water partition coefficient (Wildman–Crippen LogP) is 7.95. The van der Waals surface area contributed by atoms with Gasteiger partial charge in [-0.3, -0.25) is 4.79 Å². The lowest BCUT2D eigenvalue weighted by atomic mass is 10.0. The summed E-state index contributed by atoms with van der Waals surface area (Å²) >= 11 is 0. The quantitative estimate of drug-likeness (QED) is 0.121. The highest BCUT2D eigenvalue weighted by Crippen LogP contribution is 2.14. The predicted molar refractivity (Wildman–Crippen MR) is 116 cm³/mol. The van der Waals surface area contributed by atoms with Gasteiger partial charge < -0.3 is 9.47 Å². The molecule has 0 N–H and O–H groups in total. The lowest BCUT2D eigenvalue weighted by molar-refractivity contribution is -0.187. The number of carbonyl (C=O) groups excluding carboxylic acids is 1. The van der Waals surface area contributed by atoms with E-state index in [2.05, 4.69) is 6.92 Å². The largest absolute Gasteiger partial charge is 0.436 e. The average molecular weight is 385 g/mol. The van der Waals surface area contributed by atoms with E-state index in [1.54, 1.807) is 0 Å². The first-order chi connectivity index (χ1) is 13.1. The van der Waals surface area contributed by atoms with Crippen molar-refractivity contribution >= 4 is 5.97 Å². The molecular formula is C24H48O3. The zero-order chi connectivity index (χ0) is 20.2. The molecule has 0 aromatic rings. The zero-order valence-corrected chi connectivity index (χ0v) is 18.9. The number of ether oxygens (including phenoxy) is 2. The third-order valence-corrected chi connectivity index (χ3v) is 5.00. The van der Waals surface area contributed by atoms with E-state index in [0.717, 1.165) is 12.8 Å². The monoisotopic (exact) mass is 384 g/mol. The summed E-state index contributed by atoms with van der Waals surface area (Å²) in [6, 6.07) is 0. The van der Waals surface area contributed by atoms with Crippen molar-refractivity contribution in [2.75, 3.05) is 0 Å². The first-order valence-electron chi connectivity index (χ1n) is 11.9. The van der Waals surface area contributed by atoms with Gasteiger partial charge in [-0.25, -0.2) is 0 Å². The Morgan fingerprint density at radius 1 is 0.667 bits per heavy atom. The van der Waals surface area contributed by atoms with Crippen molar-refractivity contribution in [1.29, 1.82) is 0 Å². The fourth-order valence-corrected chi connectivity index (χ4v) is 3.36. The highest BCUT2D eigenvalue weighted by Gasteiger charge is 2.13. The lowest BCUT2D eigenvalue weighted by Gasteiger charge is -2.19. The molecule has 0 bridgehead atoms. The van der Waals surface area contributed by atoms with Crippen LogP contribution in [0.4, 0.5) is 0 Å². The topological polar surface area (TPSA) is 35.5 Å². The Morgan fingerprint density at radius 2 is 1.07 bits per heavy atom. The summed E-state index contributed by atoms with van der Waals surface area (Å²) in [5.41, 5.74) is 0. The molecular weight excluding hydrogens is 336 g/mol. The number of hydrogen-bond acceptors (Lipinski definition) is 3. The van der Waals surface area contributed by atoms with Crippen molar-refractivity contribution in [2.45, 2.75) is 149 Å². The molecule has 0 aliphatic heterocycles. The SMILES string of the molecule is CCCCCCCCCCCCCCCCCC(=O)OC(CC)OC(C)C. The van der Waals surface area contributed by atoms with Crippen molar-refractivity contribution in [2.24, 2.45) is 0 Å². The summed E-state index contributed by atoms with van der Waals surface area (Å²) in [6.45, 7) is 8.18. The van der Waals surface area contributed by atoms with Gasteiger partial charge in [0.2, 0.25) is 6.29 Å². The van der Waals surface area contributed by atoms with Crippen molar-refractivity contribution in [3.63, 3.8) is 0 Å². The van der Waals surface area contributed by atoms with E-state index in [1.807, 2.05) is 20.8 Å². The Balaban J connectivity index is 3.29. The van der Waals surface area contributed by atoms with Crippen LogP contribution in [0.2, 0.25) is 0 Å². The van der Waals surface area contributed by atoms with Crippen LogP contribution >= 0.6 is 0 Å². The van der Waals surface area contributed by atoms with Crippen LogP contribution in [0.3, 0.4) is 0 Å². The molecule has 3 nitrogen and oxygen atoms in total. The van der Waals surface area contributed by atoms with E-state index in [1.165, 1.54) is 83.5 Å². The molecule has 0 aromatic carbocycles. The smallest absolute Gasteiger partial charge is 0.308 e. The molecule has 162 valence electrons. The van der Waals surface area contributed by atoms with E-state index in [9.17, 15) is 4.79 Å². The van der Waals surface area contributed by atoms with Gasteiger partial charge in [0.15, 0.2) is 0 Å². The maximum absolute atomic E-state index is 11.8. The van der Waals surface area contributed by atoms with Gasteiger partial charge in [0.1, 0.15) is 0 Å². The second kappa shape index (κ2) is 20.2. The summed E-state index contributed by atoms with van der Waals surface area (Å²) in [4.78, 5) is 11.8. The molecule has 0 spiro atoms. The molecule has 0 aliphatic rings. The van der Waals surface area contributed by atoms with Crippen molar-refractivity contribution in [1.82, 2.24) is 0 Å². The number of hydrogen-bond donors (Lipinski definition) is 0. The molecule has 27 heavy (non-hydrogen) atoms. The lowest BCUT2D eigenvalue weighted by Crippen LogP contribution is -2.23. The van der Waals surface area contributed by atoms with E-state index in [0.29, 0.717) is 12.8 Å². The molecule has 0 saturated heterocycles. The van der Waals surface area contributed by atoms with E-state index in [4.69, 9.17) is 9.47 Å². The van der Waals surface area contributed by atoms with Crippen molar-refractivity contribution in [3.05, 3.63) is 0 Å². The van der Waals surface area contributed by atoms with Gasteiger partial charge in [0, 0.05) is 12.8 Å². The van der Waals surface area contributed by atoms with Gasteiger partial charge >= 0.3 is 5.97 Å². The normalized spacial score (nSPS) is 12.5. The second-order valence-corrected chi connectivity index (χ2v) is 8.21. The summed E-state index contributed by atoms with van der Waals surface area (Å²) < 4.78 is 10.9. The van der Waals surface area contributed by atoms with Crippen molar-refractivity contribution < 1.29 is 14.3 Å². The minimum absolute atomic E-state index is 0.0912. The standard InChI is InChI=1S/C24H48O3/c1-5-7-8-9-10-11-12-13-14-15-16-17-18-19-20-21-23(25)27-24(6-2)26-22(3)4/h22,24H,5-21H2,1-4H3. The average Bonchev–Trinajstić information content (AvgIpc) is 2.64. The van der Waals surface area contributed by atoms with Crippen LogP contribution in [-0.2, 0) is 14.3 Å². The van der Waals surface area contributed by atoms with Crippen LogP contribution < -0.4 is 0 Å². The van der Waals surface area contributed by atoms with Crippen LogP contribution in [-0.4, -0.2) is 18.4 Å². The Hall–Kier alpha value is -0.570. The van der Waals surface area contributed by atoms with Crippen LogP contribution in [0.5, 0.6) is 0 Å². The molecule has 0 rings (SSSR count). The minimum atomic E-state index is -0.381. The summed E-state index contributed by atoms with van der Waals surface area (Å²) in [5, 5.41) is 0. The second-order valence-electron chi connectivity index (χ2n) is 8.21. The van der Waals surface area contributed by atoms with Crippen LogP contribution in [0.1, 0.15) is 137 Å². The molecule has 0 fully saturated rings. The van der Waals surface area contributed by atoms with Gasteiger partial charge in [-0.1, -0.05) is 104 Å². The number of unbranched alkanes of at least 4 members (excludes halogenated alkanes) is 14. The highest BCUT2D eigenvalue weighted by atomic mass is 16.7. The Labute approximate surface area is 170 Å². The molecule has 1 atom stereocenters.